The minimum absolute atomic E-state index is 0.212. The van der Waals surface area contributed by atoms with Gasteiger partial charge in [0, 0.05) is 13.2 Å². The molecule has 0 amide bonds. The molecule has 0 radical (unpaired) electrons. The zero-order valence-corrected chi connectivity index (χ0v) is 9.33. The topological polar surface area (TPSA) is 70.3 Å². The maximum absolute atomic E-state index is 5.54. The first-order valence-electron chi connectivity index (χ1n) is 5.15. The van der Waals surface area contributed by atoms with Gasteiger partial charge in [0.25, 0.3) is 5.19 Å². The summed E-state index contributed by atoms with van der Waals surface area (Å²) in [5, 5.41) is 9.15. The van der Waals surface area contributed by atoms with Crippen LogP contribution in [0, 0.1) is 0 Å². The lowest BCUT2D eigenvalue weighted by molar-refractivity contribution is -0.0112. The van der Waals surface area contributed by atoms with Gasteiger partial charge in [-0.1, -0.05) is 11.3 Å². The highest BCUT2D eigenvalue weighted by atomic mass is 32.1. The second-order valence-corrected chi connectivity index (χ2v) is 4.49. The van der Waals surface area contributed by atoms with E-state index in [2.05, 4.69) is 10.2 Å². The first-order chi connectivity index (χ1) is 7.38. The van der Waals surface area contributed by atoms with Crippen LogP contribution in [0.4, 0.5) is 0 Å². The Labute approximate surface area is 92.6 Å². The van der Waals surface area contributed by atoms with E-state index in [0.717, 1.165) is 24.5 Å². The molecule has 1 aromatic rings. The Hall–Kier alpha value is -0.720. The Morgan fingerprint density at radius 3 is 3.07 bits per heavy atom. The Kier molecular flexibility index (Phi) is 3.87. The summed E-state index contributed by atoms with van der Waals surface area (Å²) < 4.78 is 11.0. The lowest BCUT2D eigenvalue weighted by Crippen LogP contribution is -2.25. The molecule has 0 saturated carbocycles. The van der Waals surface area contributed by atoms with Crippen molar-refractivity contribution in [2.75, 3.05) is 13.2 Å². The zero-order valence-electron chi connectivity index (χ0n) is 8.52. The molecule has 0 spiro atoms. The second kappa shape index (κ2) is 5.39. The van der Waals surface area contributed by atoms with Crippen LogP contribution in [-0.4, -0.2) is 29.5 Å². The van der Waals surface area contributed by atoms with Crippen molar-refractivity contribution in [2.45, 2.75) is 31.9 Å². The van der Waals surface area contributed by atoms with Gasteiger partial charge in [0.05, 0.1) is 6.10 Å². The Morgan fingerprint density at radius 2 is 2.40 bits per heavy atom. The van der Waals surface area contributed by atoms with Crippen LogP contribution in [0.5, 0.6) is 5.19 Å². The molecule has 5 nitrogen and oxygen atoms in total. The van der Waals surface area contributed by atoms with E-state index in [1.165, 1.54) is 17.8 Å². The number of nitrogens with two attached hydrogens (primary N) is 1. The largest absolute Gasteiger partial charge is 0.466 e. The molecule has 15 heavy (non-hydrogen) atoms. The molecule has 2 heterocycles. The number of ether oxygens (including phenoxy) is 2. The summed E-state index contributed by atoms with van der Waals surface area (Å²) in [7, 11) is 0. The second-order valence-electron chi connectivity index (χ2n) is 3.47. The van der Waals surface area contributed by atoms with Crippen molar-refractivity contribution in [3.63, 3.8) is 0 Å². The van der Waals surface area contributed by atoms with Crippen molar-refractivity contribution in [3.8, 4) is 5.19 Å². The van der Waals surface area contributed by atoms with Gasteiger partial charge in [-0.2, -0.15) is 0 Å². The summed E-state index contributed by atoms with van der Waals surface area (Å²) in [5.41, 5.74) is 5.43. The summed E-state index contributed by atoms with van der Waals surface area (Å²) in [6, 6.07) is 0. The zero-order chi connectivity index (χ0) is 10.5. The van der Waals surface area contributed by atoms with Crippen LogP contribution in [0.2, 0.25) is 0 Å². The van der Waals surface area contributed by atoms with Gasteiger partial charge < -0.3 is 15.2 Å². The Balaban J connectivity index is 1.76. The summed E-state index contributed by atoms with van der Waals surface area (Å²) in [4.78, 5) is 0. The first-order valence-corrected chi connectivity index (χ1v) is 5.97. The third-order valence-electron chi connectivity index (χ3n) is 2.29. The molecule has 6 heteroatoms. The number of hydrogen-bond donors (Lipinski definition) is 1. The standard InChI is InChI=1S/C9H15N3O2S/c10-5-8-11-12-9(15-8)14-6-7-3-1-2-4-13-7/h7H,1-6,10H2. The molecule has 84 valence electrons. The molecule has 1 atom stereocenters. The van der Waals surface area contributed by atoms with E-state index in [0.29, 0.717) is 18.3 Å². The van der Waals surface area contributed by atoms with Crippen molar-refractivity contribution < 1.29 is 9.47 Å². The van der Waals surface area contributed by atoms with Crippen molar-refractivity contribution >= 4 is 11.3 Å². The normalized spacial score (nSPS) is 21.5. The fraction of sp³-hybridized carbons (Fsp3) is 0.778. The van der Waals surface area contributed by atoms with E-state index in [9.17, 15) is 0 Å². The molecule has 1 aromatic heterocycles. The van der Waals surface area contributed by atoms with Crippen molar-refractivity contribution in [2.24, 2.45) is 5.73 Å². The maximum Gasteiger partial charge on any atom is 0.294 e. The highest BCUT2D eigenvalue weighted by Gasteiger charge is 2.15. The fourth-order valence-corrected chi connectivity index (χ4v) is 2.06. The quantitative estimate of drug-likeness (QED) is 0.832. The molecular formula is C9H15N3O2S. The lowest BCUT2D eigenvalue weighted by Gasteiger charge is -2.21. The lowest BCUT2D eigenvalue weighted by atomic mass is 10.1. The van der Waals surface area contributed by atoms with E-state index in [4.69, 9.17) is 15.2 Å². The summed E-state index contributed by atoms with van der Waals surface area (Å²) >= 11 is 1.40. The molecule has 2 N–H and O–H groups in total. The van der Waals surface area contributed by atoms with Gasteiger partial charge >= 0.3 is 0 Å². The molecule has 1 saturated heterocycles. The molecule has 0 aromatic carbocycles. The summed E-state index contributed by atoms with van der Waals surface area (Å²) in [6.07, 6.45) is 3.66. The van der Waals surface area contributed by atoms with Gasteiger partial charge in [-0.25, -0.2) is 0 Å². The van der Waals surface area contributed by atoms with Gasteiger partial charge in [-0.15, -0.1) is 10.2 Å². The molecule has 0 aliphatic carbocycles. The highest BCUT2D eigenvalue weighted by Crippen LogP contribution is 2.19. The molecule has 2 rings (SSSR count). The maximum atomic E-state index is 5.54. The van der Waals surface area contributed by atoms with Crippen LogP contribution in [-0.2, 0) is 11.3 Å². The molecular weight excluding hydrogens is 214 g/mol. The van der Waals surface area contributed by atoms with Crippen LogP contribution in [0.3, 0.4) is 0 Å². The number of nitrogens with zero attached hydrogens (tertiary/aromatic N) is 2. The minimum atomic E-state index is 0.212. The third kappa shape index (κ3) is 3.12. The highest BCUT2D eigenvalue weighted by molar-refractivity contribution is 7.13. The average molecular weight is 229 g/mol. The fourth-order valence-electron chi connectivity index (χ4n) is 1.48. The monoisotopic (exact) mass is 229 g/mol. The van der Waals surface area contributed by atoms with Gasteiger partial charge in [-0.3, -0.25) is 0 Å². The molecule has 1 unspecified atom stereocenters. The predicted octanol–water partition coefficient (Wildman–Crippen LogP) is 0.945. The Morgan fingerprint density at radius 1 is 1.47 bits per heavy atom. The van der Waals surface area contributed by atoms with Crippen LogP contribution in [0.25, 0.3) is 0 Å². The predicted molar refractivity (Wildman–Crippen MR) is 56.9 cm³/mol. The molecule has 1 aliphatic heterocycles. The van der Waals surface area contributed by atoms with Crippen molar-refractivity contribution in [3.05, 3.63) is 5.01 Å². The van der Waals surface area contributed by atoms with Crippen molar-refractivity contribution in [1.82, 2.24) is 10.2 Å². The summed E-state index contributed by atoms with van der Waals surface area (Å²) in [5.74, 6) is 0. The van der Waals surface area contributed by atoms with Crippen molar-refractivity contribution in [1.29, 1.82) is 0 Å². The van der Waals surface area contributed by atoms with Crippen LogP contribution in [0.1, 0.15) is 24.3 Å². The molecule has 0 bridgehead atoms. The Bertz CT molecular complexity index is 299. The molecule has 1 fully saturated rings. The van der Waals surface area contributed by atoms with Crippen LogP contribution in [0.15, 0.2) is 0 Å². The summed E-state index contributed by atoms with van der Waals surface area (Å²) in [6.45, 7) is 1.83. The number of aromatic nitrogens is 2. The van der Waals surface area contributed by atoms with E-state index in [1.807, 2.05) is 0 Å². The smallest absolute Gasteiger partial charge is 0.294 e. The van der Waals surface area contributed by atoms with Gasteiger partial charge in [0.2, 0.25) is 0 Å². The minimum Gasteiger partial charge on any atom is -0.466 e. The van der Waals surface area contributed by atoms with Gasteiger partial charge in [-0.05, 0) is 19.3 Å². The van der Waals surface area contributed by atoms with Gasteiger partial charge in [0.1, 0.15) is 11.6 Å². The SMILES string of the molecule is NCc1nnc(OCC2CCCCO2)s1. The van der Waals surface area contributed by atoms with Gasteiger partial charge in [0.15, 0.2) is 0 Å². The average Bonchev–Trinajstić information content (AvgIpc) is 2.76. The third-order valence-corrected chi connectivity index (χ3v) is 3.15. The van der Waals surface area contributed by atoms with E-state index >= 15 is 0 Å². The van der Waals surface area contributed by atoms with E-state index in [1.54, 1.807) is 0 Å². The number of rotatable bonds is 4. The number of hydrogen-bond acceptors (Lipinski definition) is 6. The molecule has 1 aliphatic rings. The van der Waals surface area contributed by atoms with E-state index < -0.39 is 0 Å². The van der Waals surface area contributed by atoms with E-state index in [-0.39, 0.29) is 6.10 Å². The van der Waals surface area contributed by atoms with Crippen LogP contribution < -0.4 is 10.5 Å². The van der Waals surface area contributed by atoms with Crippen LogP contribution >= 0.6 is 11.3 Å². The first kappa shape index (κ1) is 10.8.